The molecule has 0 spiro atoms. The van der Waals surface area contributed by atoms with Crippen LogP contribution in [0.2, 0.25) is 0 Å². The van der Waals surface area contributed by atoms with Gasteiger partial charge in [-0.15, -0.1) is 0 Å². The lowest BCUT2D eigenvalue weighted by molar-refractivity contribution is 1.27. The van der Waals surface area contributed by atoms with Crippen molar-refractivity contribution in [3.05, 3.63) is 52.6 Å². The first-order valence-electron chi connectivity index (χ1n) is 5.12. The zero-order valence-corrected chi connectivity index (χ0v) is 9.27. The lowest BCUT2D eigenvalue weighted by Gasteiger charge is -2.02. The fourth-order valence-electron chi connectivity index (χ4n) is 1.50. The van der Waals surface area contributed by atoms with E-state index >= 15 is 0 Å². The molecule has 2 aromatic rings. The Balaban J connectivity index is 2.37. The summed E-state index contributed by atoms with van der Waals surface area (Å²) in [6.07, 6.45) is 2.96. The Morgan fingerprint density at radius 3 is 2.72 bits per heavy atom. The van der Waals surface area contributed by atoms with E-state index in [9.17, 15) is 4.79 Å². The monoisotopic (exact) mass is 236 g/mol. The average molecular weight is 236 g/mol. The molecule has 0 bridgehead atoms. The normalized spacial score (nSPS) is 9.22. The van der Waals surface area contributed by atoms with E-state index in [4.69, 9.17) is 10.5 Å². The Labute approximate surface area is 103 Å². The highest BCUT2D eigenvalue weighted by atomic mass is 16.1. The van der Waals surface area contributed by atoms with Crippen molar-refractivity contribution in [1.29, 1.82) is 10.5 Å². The third-order valence-electron chi connectivity index (χ3n) is 2.37. The fraction of sp³-hybridized carbons (Fsp3) is 0. The van der Waals surface area contributed by atoms with Gasteiger partial charge in [-0.2, -0.15) is 10.5 Å². The van der Waals surface area contributed by atoms with Gasteiger partial charge in [0.1, 0.15) is 17.7 Å². The van der Waals surface area contributed by atoms with Crippen LogP contribution in [-0.4, -0.2) is 4.98 Å². The second-order valence-electron chi connectivity index (χ2n) is 3.57. The van der Waals surface area contributed by atoms with Crippen LogP contribution in [0.5, 0.6) is 0 Å². The molecule has 18 heavy (non-hydrogen) atoms. The van der Waals surface area contributed by atoms with Crippen molar-refractivity contribution < 1.29 is 0 Å². The molecule has 86 valence electrons. The van der Waals surface area contributed by atoms with Crippen LogP contribution in [0.4, 0.5) is 5.69 Å². The SMILES string of the molecule is N#CC(C#N)=CNc1ccc2c[nH]c(=O)cc2c1. The summed E-state index contributed by atoms with van der Waals surface area (Å²) in [4.78, 5) is 13.8. The lowest BCUT2D eigenvalue weighted by atomic mass is 10.1. The van der Waals surface area contributed by atoms with Crippen molar-refractivity contribution in [2.45, 2.75) is 0 Å². The van der Waals surface area contributed by atoms with Gasteiger partial charge in [0.15, 0.2) is 0 Å². The highest BCUT2D eigenvalue weighted by molar-refractivity contribution is 5.84. The molecule has 0 fully saturated rings. The number of aromatic nitrogens is 1. The third-order valence-corrected chi connectivity index (χ3v) is 2.37. The van der Waals surface area contributed by atoms with Gasteiger partial charge in [-0.05, 0) is 22.9 Å². The number of nitriles is 2. The Bertz CT molecular complexity index is 743. The van der Waals surface area contributed by atoms with E-state index in [1.165, 1.54) is 12.3 Å². The Morgan fingerprint density at radius 2 is 2.00 bits per heavy atom. The Hall–Kier alpha value is -3.05. The molecule has 1 aromatic heterocycles. The number of benzene rings is 1. The molecule has 0 aliphatic heterocycles. The van der Waals surface area contributed by atoms with E-state index in [1.54, 1.807) is 30.5 Å². The number of allylic oxidation sites excluding steroid dienone is 1. The maximum absolute atomic E-state index is 11.2. The molecule has 0 saturated carbocycles. The summed E-state index contributed by atoms with van der Waals surface area (Å²) < 4.78 is 0. The minimum Gasteiger partial charge on any atom is -0.360 e. The van der Waals surface area contributed by atoms with E-state index in [1.807, 2.05) is 6.07 Å². The van der Waals surface area contributed by atoms with Crippen LogP contribution in [0, 0.1) is 22.7 Å². The van der Waals surface area contributed by atoms with E-state index in [-0.39, 0.29) is 11.1 Å². The summed E-state index contributed by atoms with van der Waals surface area (Å²) in [5, 5.41) is 21.7. The zero-order chi connectivity index (χ0) is 13.0. The molecule has 0 unspecified atom stereocenters. The first-order valence-corrected chi connectivity index (χ1v) is 5.12. The summed E-state index contributed by atoms with van der Waals surface area (Å²) in [6.45, 7) is 0. The highest BCUT2D eigenvalue weighted by Crippen LogP contribution is 2.17. The van der Waals surface area contributed by atoms with Crippen molar-refractivity contribution in [2.24, 2.45) is 0 Å². The van der Waals surface area contributed by atoms with Crippen molar-refractivity contribution >= 4 is 16.5 Å². The van der Waals surface area contributed by atoms with E-state index in [0.29, 0.717) is 5.69 Å². The molecule has 2 N–H and O–H groups in total. The van der Waals surface area contributed by atoms with Gasteiger partial charge in [-0.25, -0.2) is 0 Å². The van der Waals surface area contributed by atoms with Crippen molar-refractivity contribution in [3.8, 4) is 12.1 Å². The van der Waals surface area contributed by atoms with Gasteiger partial charge in [0.05, 0.1) is 0 Å². The van der Waals surface area contributed by atoms with Crippen molar-refractivity contribution in [3.63, 3.8) is 0 Å². The lowest BCUT2D eigenvalue weighted by Crippen LogP contribution is -2.01. The van der Waals surface area contributed by atoms with Gasteiger partial charge in [0.2, 0.25) is 5.56 Å². The van der Waals surface area contributed by atoms with E-state index in [0.717, 1.165) is 10.8 Å². The smallest absolute Gasteiger partial charge is 0.248 e. The van der Waals surface area contributed by atoms with Crippen LogP contribution in [0.1, 0.15) is 0 Å². The molecule has 0 amide bonds. The number of nitrogens with one attached hydrogen (secondary N) is 2. The first kappa shape index (κ1) is 11.4. The summed E-state index contributed by atoms with van der Waals surface area (Å²) in [6, 6.07) is 10.4. The van der Waals surface area contributed by atoms with E-state index < -0.39 is 0 Å². The quantitative estimate of drug-likeness (QED) is 0.778. The molecule has 0 radical (unpaired) electrons. The van der Waals surface area contributed by atoms with Gasteiger partial charge in [0, 0.05) is 24.2 Å². The molecule has 5 heteroatoms. The van der Waals surface area contributed by atoms with Crippen LogP contribution in [-0.2, 0) is 0 Å². The van der Waals surface area contributed by atoms with Gasteiger partial charge in [-0.1, -0.05) is 6.07 Å². The fourth-order valence-corrected chi connectivity index (χ4v) is 1.50. The number of nitrogens with zero attached hydrogens (tertiary/aromatic N) is 2. The number of hydrogen-bond acceptors (Lipinski definition) is 4. The maximum atomic E-state index is 11.2. The van der Waals surface area contributed by atoms with Crippen LogP contribution >= 0.6 is 0 Å². The molecule has 0 saturated heterocycles. The predicted molar refractivity (Wildman–Crippen MR) is 67.5 cm³/mol. The molecule has 1 heterocycles. The number of anilines is 1. The van der Waals surface area contributed by atoms with Crippen molar-refractivity contribution in [2.75, 3.05) is 5.32 Å². The highest BCUT2D eigenvalue weighted by Gasteiger charge is 1.97. The van der Waals surface area contributed by atoms with Gasteiger partial charge >= 0.3 is 0 Å². The van der Waals surface area contributed by atoms with Crippen LogP contribution in [0.15, 0.2) is 47.0 Å². The average Bonchev–Trinajstić information content (AvgIpc) is 2.39. The maximum Gasteiger partial charge on any atom is 0.248 e. The number of aromatic amines is 1. The van der Waals surface area contributed by atoms with Gasteiger partial charge in [0.25, 0.3) is 0 Å². The van der Waals surface area contributed by atoms with E-state index in [2.05, 4.69) is 10.3 Å². The predicted octanol–water partition coefficient (Wildman–Crippen LogP) is 1.87. The van der Waals surface area contributed by atoms with Gasteiger partial charge < -0.3 is 10.3 Å². The molecular weight excluding hydrogens is 228 g/mol. The summed E-state index contributed by atoms with van der Waals surface area (Å²) in [7, 11) is 0. The second-order valence-corrected chi connectivity index (χ2v) is 3.57. The molecule has 0 aliphatic rings. The molecule has 0 atom stereocenters. The Kier molecular flexibility index (Phi) is 3.08. The summed E-state index contributed by atoms with van der Waals surface area (Å²) >= 11 is 0. The first-order chi connectivity index (χ1) is 8.72. The number of H-pyrrole nitrogens is 1. The second kappa shape index (κ2) is 4.86. The number of pyridine rings is 1. The summed E-state index contributed by atoms with van der Waals surface area (Å²) in [5.74, 6) is 0. The molecule has 5 nitrogen and oxygen atoms in total. The topological polar surface area (TPSA) is 92.5 Å². The number of fused-ring (bicyclic) bond motifs is 1. The molecule has 0 aliphatic carbocycles. The molecular formula is C13H8N4O. The number of hydrogen-bond donors (Lipinski definition) is 2. The van der Waals surface area contributed by atoms with Crippen molar-refractivity contribution in [1.82, 2.24) is 4.98 Å². The minimum atomic E-state index is -0.176. The van der Waals surface area contributed by atoms with Crippen LogP contribution in [0.3, 0.4) is 0 Å². The largest absolute Gasteiger partial charge is 0.360 e. The van der Waals surface area contributed by atoms with Crippen LogP contribution in [0.25, 0.3) is 10.8 Å². The molecule has 1 aromatic carbocycles. The Morgan fingerprint density at radius 1 is 1.22 bits per heavy atom. The van der Waals surface area contributed by atoms with Gasteiger partial charge in [-0.3, -0.25) is 4.79 Å². The van der Waals surface area contributed by atoms with Crippen LogP contribution < -0.4 is 10.9 Å². The minimum absolute atomic E-state index is 0.0130. The summed E-state index contributed by atoms with van der Waals surface area (Å²) in [5.41, 5.74) is 0.516. The molecule has 2 rings (SSSR count). The number of rotatable bonds is 2. The zero-order valence-electron chi connectivity index (χ0n) is 9.27. The standard InChI is InChI=1S/C13H8N4O/c14-5-9(6-15)7-16-12-2-1-10-8-17-13(18)4-11(10)3-12/h1-4,7-8,16H,(H,17,18). The third kappa shape index (κ3) is 2.37.